The van der Waals surface area contributed by atoms with Crippen molar-refractivity contribution in [1.29, 1.82) is 0 Å². The number of fused-ring (bicyclic) bond motifs is 3. The largest absolute Gasteiger partial charge is 0.502 e. The molecule has 144 valence electrons. The minimum atomic E-state index is -0.650. The summed E-state index contributed by atoms with van der Waals surface area (Å²) in [5.74, 6) is -0.0546. The molecule has 0 unspecified atom stereocenters. The molecule has 0 atom stereocenters. The molecule has 4 rings (SSSR count). The van der Waals surface area contributed by atoms with Crippen molar-refractivity contribution in [3.05, 3.63) is 60.0 Å². The molecule has 3 aromatic rings. The second-order valence-electron chi connectivity index (χ2n) is 6.89. The highest BCUT2D eigenvalue weighted by molar-refractivity contribution is 7.18. The van der Waals surface area contributed by atoms with E-state index in [2.05, 4.69) is 10.1 Å². The Kier molecular flexibility index (Phi) is 4.46. The van der Waals surface area contributed by atoms with Crippen molar-refractivity contribution in [2.24, 2.45) is 5.10 Å². The van der Waals surface area contributed by atoms with Crippen LogP contribution in [0.15, 0.2) is 22.0 Å². The summed E-state index contributed by atoms with van der Waals surface area (Å²) in [5.41, 5.74) is 1.20. The quantitative estimate of drug-likeness (QED) is 0.413. The van der Waals surface area contributed by atoms with E-state index < -0.39 is 16.4 Å². The lowest BCUT2D eigenvalue weighted by molar-refractivity contribution is -0.385. The number of hydrogen-bond donors (Lipinski definition) is 1. The normalized spacial score (nSPS) is 13.9. The van der Waals surface area contributed by atoms with Gasteiger partial charge >= 0.3 is 5.69 Å². The van der Waals surface area contributed by atoms with Crippen LogP contribution in [0.3, 0.4) is 0 Å². The van der Waals surface area contributed by atoms with E-state index in [0.29, 0.717) is 16.8 Å². The Balaban J connectivity index is 1.85. The highest BCUT2D eigenvalue weighted by atomic mass is 32.1. The van der Waals surface area contributed by atoms with Gasteiger partial charge in [0, 0.05) is 16.5 Å². The third kappa shape index (κ3) is 2.97. The molecule has 0 amide bonds. The zero-order chi connectivity index (χ0) is 20.0. The SMILES string of the molecule is Cc1cc(C=Nn2c(C)nc3sc4c(c3c2=O)CCCC4)c(O)c([N+](=O)[O-])c1. The first kappa shape index (κ1) is 18.3. The average molecular weight is 398 g/mol. The third-order valence-electron chi connectivity index (χ3n) is 4.90. The van der Waals surface area contributed by atoms with Gasteiger partial charge in [0.2, 0.25) is 5.75 Å². The van der Waals surface area contributed by atoms with Crippen LogP contribution in [-0.2, 0) is 12.8 Å². The number of nitro benzene ring substituents is 1. The van der Waals surface area contributed by atoms with E-state index in [4.69, 9.17) is 0 Å². The highest BCUT2D eigenvalue weighted by Gasteiger charge is 2.21. The summed E-state index contributed by atoms with van der Waals surface area (Å²) in [7, 11) is 0. The number of nitro groups is 1. The predicted molar refractivity (Wildman–Crippen MR) is 108 cm³/mol. The predicted octanol–water partition coefficient (Wildman–Crippen LogP) is 3.45. The number of phenols is 1. The van der Waals surface area contributed by atoms with Crippen LogP contribution in [0.1, 0.15) is 40.2 Å². The zero-order valence-corrected chi connectivity index (χ0v) is 16.2. The molecule has 2 heterocycles. The maximum absolute atomic E-state index is 13.1. The lowest BCUT2D eigenvalue weighted by Gasteiger charge is -2.10. The van der Waals surface area contributed by atoms with Gasteiger partial charge in [-0.15, -0.1) is 11.3 Å². The number of phenolic OH excluding ortho intramolecular Hbond substituents is 1. The molecule has 0 spiro atoms. The van der Waals surface area contributed by atoms with Crippen LogP contribution in [0.2, 0.25) is 0 Å². The molecule has 2 aromatic heterocycles. The van der Waals surface area contributed by atoms with Gasteiger partial charge in [0.05, 0.1) is 16.5 Å². The first-order valence-electron chi connectivity index (χ1n) is 8.93. The maximum Gasteiger partial charge on any atom is 0.311 e. The Morgan fingerprint density at radius 1 is 1.32 bits per heavy atom. The summed E-state index contributed by atoms with van der Waals surface area (Å²) >= 11 is 1.57. The van der Waals surface area contributed by atoms with E-state index >= 15 is 0 Å². The summed E-state index contributed by atoms with van der Waals surface area (Å²) < 4.78 is 1.19. The van der Waals surface area contributed by atoms with E-state index in [-0.39, 0.29) is 11.1 Å². The van der Waals surface area contributed by atoms with Crippen molar-refractivity contribution in [2.45, 2.75) is 39.5 Å². The molecule has 8 nitrogen and oxygen atoms in total. The summed E-state index contributed by atoms with van der Waals surface area (Å²) in [4.78, 5) is 30.0. The minimum absolute atomic E-state index is 0.172. The van der Waals surface area contributed by atoms with Gasteiger partial charge in [-0.2, -0.15) is 9.78 Å². The first-order valence-corrected chi connectivity index (χ1v) is 9.74. The lowest BCUT2D eigenvalue weighted by Crippen LogP contribution is -2.21. The molecule has 1 aliphatic carbocycles. The topological polar surface area (TPSA) is 111 Å². The monoisotopic (exact) mass is 398 g/mol. The fourth-order valence-corrected chi connectivity index (χ4v) is 4.88. The molecule has 0 fully saturated rings. The molecule has 0 radical (unpaired) electrons. The van der Waals surface area contributed by atoms with Gasteiger partial charge in [-0.1, -0.05) is 0 Å². The maximum atomic E-state index is 13.1. The Hall–Kier alpha value is -3.07. The molecule has 0 saturated carbocycles. The van der Waals surface area contributed by atoms with E-state index in [1.54, 1.807) is 31.3 Å². The molecule has 0 aliphatic heterocycles. The van der Waals surface area contributed by atoms with Crippen LogP contribution in [0.5, 0.6) is 5.75 Å². The number of benzene rings is 1. The second kappa shape index (κ2) is 6.83. The molecule has 1 aliphatic rings. The number of aromatic nitrogens is 2. The van der Waals surface area contributed by atoms with E-state index in [0.717, 1.165) is 36.1 Å². The van der Waals surface area contributed by atoms with Gasteiger partial charge in [0.15, 0.2) is 0 Å². The van der Waals surface area contributed by atoms with Gasteiger partial charge in [-0.05, 0) is 56.7 Å². The Labute approximate surface area is 163 Å². The zero-order valence-electron chi connectivity index (χ0n) is 15.4. The van der Waals surface area contributed by atoms with Crippen LogP contribution in [0.25, 0.3) is 10.2 Å². The number of rotatable bonds is 3. The van der Waals surface area contributed by atoms with Crippen molar-refractivity contribution in [2.75, 3.05) is 0 Å². The molecular formula is C19H18N4O4S. The number of aryl methyl sites for hydroxylation is 4. The molecule has 0 bridgehead atoms. The Morgan fingerprint density at radius 3 is 2.82 bits per heavy atom. The molecule has 1 N–H and O–H groups in total. The first-order chi connectivity index (χ1) is 13.4. The van der Waals surface area contributed by atoms with Crippen molar-refractivity contribution in [3.63, 3.8) is 0 Å². The van der Waals surface area contributed by atoms with Crippen molar-refractivity contribution in [1.82, 2.24) is 9.66 Å². The van der Waals surface area contributed by atoms with Crippen LogP contribution in [0, 0.1) is 24.0 Å². The minimum Gasteiger partial charge on any atom is -0.502 e. The smallest absolute Gasteiger partial charge is 0.311 e. The van der Waals surface area contributed by atoms with Gasteiger partial charge in [0.25, 0.3) is 5.56 Å². The summed E-state index contributed by atoms with van der Waals surface area (Å²) in [6.45, 7) is 3.38. The summed E-state index contributed by atoms with van der Waals surface area (Å²) in [6, 6.07) is 2.86. The van der Waals surface area contributed by atoms with Gasteiger partial charge < -0.3 is 5.11 Å². The van der Waals surface area contributed by atoms with Crippen LogP contribution >= 0.6 is 11.3 Å². The molecule has 28 heavy (non-hydrogen) atoms. The number of aromatic hydroxyl groups is 1. The molecule has 9 heteroatoms. The van der Waals surface area contributed by atoms with Crippen LogP contribution in [-0.4, -0.2) is 25.9 Å². The Bertz CT molecular complexity index is 1210. The van der Waals surface area contributed by atoms with Crippen molar-refractivity contribution >= 4 is 33.5 Å². The van der Waals surface area contributed by atoms with Gasteiger partial charge in [-0.25, -0.2) is 4.98 Å². The van der Waals surface area contributed by atoms with Crippen molar-refractivity contribution < 1.29 is 10.0 Å². The lowest BCUT2D eigenvalue weighted by atomic mass is 9.97. The molecule has 0 saturated heterocycles. The third-order valence-corrected chi connectivity index (χ3v) is 6.09. The van der Waals surface area contributed by atoms with E-state index in [1.165, 1.54) is 21.8 Å². The number of hydrogen-bond acceptors (Lipinski definition) is 7. The Morgan fingerprint density at radius 2 is 2.07 bits per heavy atom. The van der Waals surface area contributed by atoms with Crippen LogP contribution < -0.4 is 5.56 Å². The molecular weight excluding hydrogens is 380 g/mol. The summed E-state index contributed by atoms with van der Waals surface area (Å²) in [6.07, 6.45) is 5.27. The van der Waals surface area contributed by atoms with Crippen LogP contribution in [0.4, 0.5) is 5.69 Å². The van der Waals surface area contributed by atoms with Crippen molar-refractivity contribution in [3.8, 4) is 5.75 Å². The standard InChI is InChI=1S/C19H18N4O4S/c1-10-7-12(17(24)14(8-10)23(26)27)9-20-22-11(2)21-18-16(19(22)25)13-5-3-4-6-15(13)28-18/h7-9,24H,3-6H2,1-2H3. The highest BCUT2D eigenvalue weighted by Crippen LogP contribution is 2.34. The number of thiophene rings is 1. The molecule has 1 aromatic carbocycles. The fraction of sp³-hybridized carbons (Fsp3) is 0.316. The fourth-order valence-electron chi connectivity index (χ4n) is 3.58. The number of nitrogens with zero attached hydrogens (tertiary/aromatic N) is 4. The average Bonchev–Trinajstić information content (AvgIpc) is 3.01. The van der Waals surface area contributed by atoms with Gasteiger partial charge in [-0.3, -0.25) is 14.9 Å². The summed E-state index contributed by atoms with van der Waals surface area (Å²) in [5, 5.41) is 26.1. The van der Waals surface area contributed by atoms with Gasteiger partial charge in [0.1, 0.15) is 10.7 Å². The van der Waals surface area contributed by atoms with E-state index in [1.807, 2.05) is 0 Å². The second-order valence-corrected chi connectivity index (χ2v) is 7.97. The van der Waals surface area contributed by atoms with E-state index in [9.17, 15) is 20.0 Å².